The number of sulfone groups is 1. The number of amidine groups is 1. The molecule has 2 unspecified atom stereocenters. The summed E-state index contributed by atoms with van der Waals surface area (Å²) in [6, 6.07) is 18.3. The van der Waals surface area contributed by atoms with E-state index < -0.39 is 15.7 Å². The molecule has 4 rings (SSSR count). The third kappa shape index (κ3) is 5.05. The molecule has 2 aliphatic heterocycles. The Morgan fingerprint density at radius 2 is 1.88 bits per heavy atom. The van der Waals surface area contributed by atoms with Gasteiger partial charge in [0.05, 0.1) is 23.7 Å². The van der Waals surface area contributed by atoms with Gasteiger partial charge in [0.15, 0.2) is 15.0 Å². The molecule has 1 amide bonds. The topological polar surface area (TPSA) is 106 Å². The first-order valence-corrected chi connectivity index (χ1v) is 13.0. The molecule has 10 heteroatoms. The van der Waals surface area contributed by atoms with Crippen molar-refractivity contribution in [3.63, 3.8) is 0 Å². The van der Waals surface area contributed by atoms with Gasteiger partial charge in [0.25, 0.3) is 5.91 Å². The van der Waals surface area contributed by atoms with E-state index in [1.54, 1.807) is 24.3 Å². The number of thioether (sulfide) groups is 1. The van der Waals surface area contributed by atoms with Crippen LogP contribution in [0.3, 0.4) is 0 Å². The lowest BCUT2D eigenvalue weighted by molar-refractivity contribution is -0.112. The smallest absolute Gasteiger partial charge is 0.267 e. The lowest BCUT2D eigenvalue weighted by atomic mass is 10.2. The van der Waals surface area contributed by atoms with Gasteiger partial charge in [0, 0.05) is 36.4 Å². The molecule has 0 bridgehead atoms. The van der Waals surface area contributed by atoms with Crippen molar-refractivity contribution in [1.82, 2.24) is 0 Å². The molecule has 0 radical (unpaired) electrons. The number of hydrogen-bond donors (Lipinski definition) is 1. The second-order valence-corrected chi connectivity index (χ2v) is 11.3. The van der Waals surface area contributed by atoms with E-state index >= 15 is 0 Å². The molecular weight excluding hydrogens is 458 g/mol. The van der Waals surface area contributed by atoms with Crippen LogP contribution in [0.25, 0.3) is 0 Å². The largest absolute Gasteiger partial charge is 0.378 e. The molecule has 0 aromatic heterocycles. The fraction of sp³-hybridized carbons (Fsp3) is 0.261. The number of amides is 1. The summed E-state index contributed by atoms with van der Waals surface area (Å²) >= 11 is 1.37. The number of carbonyl (C=O) groups excluding carboxylic acids is 1. The van der Waals surface area contributed by atoms with Gasteiger partial charge in [0.1, 0.15) is 11.6 Å². The summed E-state index contributed by atoms with van der Waals surface area (Å²) in [5, 5.41) is 12.6. The molecule has 2 fully saturated rings. The second-order valence-electron chi connectivity index (χ2n) is 7.97. The van der Waals surface area contributed by atoms with Gasteiger partial charge in [-0.2, -0.15) is 5.26 Å². The number of aliphatic imine (C=N–C) groups is 1. The highest BCUT2D eigenvalue weighted by atomic mass is 32.2. The molecule has 2 heterocycles. The minimum Gasteiger partial charge on any atom is -0.378 e. The van der Waals surface area contributed by atoms with Crippen LogP contribution in [-0.2, 0) is 14.6 Å². The van der Waals surface area contributed by atoms with Gasteiger partial charge in [0.2, 0.25) is 0 Å². The monoisotopic (exact) mass is 481 g/mol. The number of nitrogens with one attached hydrogen (secondary N) is 1. The van der Waals surface area contributed by atoms with Crippen LogP contribution < -0.4 is 15.1 Å². The summed E-state index contributed by atoms with van der Waals surface area (Å²) in [5.41, 5.74) is 2.27. The Labute approximate surface area is 197 Å². The third-order valence-corrected chi connectivity index (χ3v) is 8.64. The zero-order chi connectivity index (χ0) is 23.6. The number of para-hydroxylation sites is 1. The standard InChI is InChI=1S/C23H23N5O3S2/c1-27(2)18-8-10-19(11-9-18)28-20-14-33(30,31)15-21(20)32-23(28)25-13-16(12-24)22(29)26-17-6-4-3-5-7-17/h3-11,13,20-21H,14-15H2,1-2H3,(H,26,29). The van der Waals surface area contributed by atoms with E-state index in [2.05, 4.69) is 10.3 Å². The molecule has 0 aliphatic carbocycles. The summed E-state index contributed by atoms with van der Waals surface area (Å²) in [4.78, 5) is 20.8. The molecule has 1 N–H and O–H groups in total. The van der Waals surface area contributed by atoms with Crippen LogP contribution in [0.1, 0.15) is 0 Å². The van der Waals surface area contributed by atoms with Crippen LogP contribution in [0.15, 0.2) is 71.4 Å². The first-order valence-electron chi connectivity index (χ1n) is 10.3. The van der Waals surface area contributed by atoms with Crippen LogP contribution in [-0.4, -0.2) is 56.4 Å². The predicted octanol–water partition coefficient (Wildman–Crippen LogP) is 2.87. The third-order valence-electron chi connectivity index (χ3n) is 5.41. The van der Waals surface area contributed by atoms with Gasteiger partial charge >= 0.3 is 0 Å². The van der Waals surface area contributed by atoms with Crippen molar-refractivity contribution in [3.8, 4) is 6.07 Å². The van der Waals surface area contributed by atoms with Crippen molar-refractivity contribution < 1.29 is 13.2 Å². The van der Waals surface area contributed by atoms with E-state index in [0.717, 1.165) is 11.4 Å². The molecule has 2 saturated heterocycles. The van der Waals surface area contributed by atoms with Gasteiger partial charge in [-0.15, -0.1) is 0 Å². The Hall–Kier alpha value is -3.29. The second kappa shape index (κ2) is 9.29. The molecule has 8 nitrogen and oxygen atoms in total. The molecule has 33 heavy (non-hydrogen) atoms. The number of nitriles is 1. The minimum absolute atomic E-state index is 0.0441. The summed E-state index contributed by atoms with van der Waals surface area (Å²) < 4.78 is 24.5. The van der Waals surface area contributed by atoms with Crippen molar-refractivity contribution in [2.75, 3.05) is 40.7 Å². The molecule has 2 aromatic carbocycles. The van der Waals surface area contributed by atoms with E-state index in [0.29, 0.717) is 10.9 Å². The Bertz CT molecular complexity index is 1250. The zero-order valence-corrected chi connectivity index (χ0v) is 19.8. The van der Waals surface area contributed by atoms with Crippen LogP contribution in [0.2, 0.25) is 0 Å². The fourth-order valence-corrected chi connectivity index (χ4v) is 7.66. The summed E-state index contributed by atoms with van der Waals surface area (Å²) in [5.74, 6) is -0.431. The molecule has 2 atom stereocenters. The van der Waals surface area contributed by atoms with E-state index in [1.165, 1.54) is 18.0 Å². The van der Waals surface area contributed by atoms with Crippen molar-refractivity contribution in [2.24, 2.45) is 4.99 Å². The predicted molar refractivity (Wildman–Crippen MR) is 133 cm³/mol. The number of hydrogen-bond acceptors (Lipinski definition) is 7. The number of carbonyl (C=O) groups is 1. The van der Waals surface area contributed by atoms with Gasteiger partial charge in [-0.3, -0.25) is 4.79 Å². The normalized spacial score (nSPS) is 22.6. The number of rotatable bonds is 5. The summed E-state index contributed by atoms with van der Waals surface area (Å²) in [7, 11) is 0.760. The summed E-state index contributed by atoms with van der Waals surface area (Å²) in [6.07, 6.45) is 1.25. The molecular formula is C23H23N5O3S2. The van der Waals surface area contributed by atoms with E-state index in [4.69, 9.17) is 0 Å². The van der Waals surface area contributed by atoms with Gasteiger partial charge in [-0.1, -0.05) is 30.0 Å². The fourth-order valence-electron chi connectivity index (χ4n) is 3.77. The zero-order valence-electron chi connectivity index (χ0n) is 18.2. The van der Waals surface area contributed by atoms with E-state index in [9.17, 15) is 18.5 Å². The maximum absolute atomic E-state index is 12.5. The Morgan fingerprint density at radius 3 is 2.52 bits per heavy atom. The molecule has 2 aliphatic rings. The van der Waals surface area contributed by atoms with Crippen LogP contribution in [0.4, 0.5) is 17.1 Å². The van der Waals surface area contributed by atoms with Crippen molar-refractivity contribution in [2.45, 2.75) is 11.3 Å². The Kier molecular flexibility index (Phi) is 6.44. The average molecular weight is 482 g/mol. The maximum Gasteiger partial charge on any atom is 0.267 e. The van der Waals surface area contributed by atoms with Crippen LogP contribution >= 0.6 is 11.8 Å². The maximum atomic E-state index is 12.5. The highest BCUT2D eigenvalue weighted by Crippen LogP contribution is 2.41. The van der Waals surface area contributed by atoms with Crippen molar-refractivity contribution in [3.05, 3.63) is 66.4 Å². The Balaban J connectivity index is 1.64. The minimum atomic E-state index is -3.13. The Morgan fingerprint density at radius 1 is 1.18 bits per heavy atom. The number of benzene rings is 2. The number of nitrogens with zero attached hydrogens (tertiary/aromatic N) is 4. The average Bonchev–Trinajstić information content (AvgIpc) is 3.25. The lowest BCUT2D eigenvalue weighted by Crippen LogP contribution is -2.37. The van der Waals surface area contributed by atoms with Gasteiger partial charge < -0.3 is 15.1 Å². The number of fused-ring (bicyclic) bond motifs is 1. The van der Waals surface area contributed by atoms with Gasteiger partial charge in [-0.05, 0) is 36.4 Å². The number of anilines is 3. The highest BCUT2D eigenvalue weighted by molar-refractivity contribution is 8.16. The molecule has 0 spiro atoms. The summed E-state index contributed by atoms with van der Waals surface area (Å²) in [6.45, 7) is 0. The lowest BCUT2D eigenvalue weighted by Gasteiger charge is -2.25. The van der Waals surface area contributed by atoms with Crippen LogP contribution in [0, 0.1) is 11.3 Å². The highest BCUT2D eigenvalue weighted by Gasteiger charge is 2.49. The molecule has 170 valence electrons. The van der Waals surface area contributed by atoms with Crippen LogP contribution in [0.5, 0.6) is 0 Å². The molecule has 0 saturated carbocycles. The quantitative estimate of drug-likeness (QED) is 0.517. The van der Waals surface area contributed by atoms with Crippen molar-refractivity contribution in [1.29, 1.82) is 5.26 Å². The van der Waals surface area contributed by atoms with E-state index in [-0.39, 0.29) is 28.4 Å². The van der Waals surface area contributed by atoms with Crippen molar-refractivity contribution >= 4 is 49.7 Å². The van der Waals surface area contributed by atoms with E-state index in [1.807, 2.05) is 60.3 Å². The molecule has 2 aromatic rings. The first kappa shape index (κ1) is 22.9. The van der Waals surface area contributed by atoms with Gasteiger partial charge in [-0.25, -0.2) is 13.4 Å². The first-order chi connectivity index (χ1) is 15.8. The SMILES string of the molecule is CN(C)c1ccc(N2C(=NC=C(C#N)C(=O)Nc3ccccc3)SC3CS(=O)(=O)CC32)cc1.